The molecule has 29 valence electrons. The van der Waals surface area contributed by atoms with Crippen LogP contribution < -0.4 is 29.6 Å². The topological polar surface area (TPSA) is 44.0 Å². The zero-order valence-corrected chi connectivity index (χ0v) is 6.86. The van der Waals surface area contributed by atoms with Gasteiger partial charge >= 0.3 is 29.6 Å². The molecule has 0 heterocycles. The van der Waals surface area contributed by atoms with E-state index >= 15 is 0 Å². The summed E-state index contributed by atoms with van der Waals surface area (Å²) in [5.74, 6) is 0. The third-order valence-electron chi connectivity index (χ3n) is 0. The van der Waals surface area contributed by atoms with Crippen molar-refractivity contribution in [2.45, 2.75) is 0 Å². The van der Waals surface area contributed by atoms with Crippen LogP contribution in [0.15, 0.2) is 0 Å². The second-order valence-corrected chi connectivity index (χ2v) is 0.100. The third kappa shape index (κ3) is 43.5. The molecule has 0 aromatic heterocycles. The summed E-state index contributed by atoms with van der Waals surface area (Å²) in [5, 5.41) is 13.8. The minimum Gasteiger partial charge on any atom is -1.00 e. The number of hydrogen-bond donors (Lipinski definition) is 1. The SMILES string of the molecule is N#CO.[Au].[H-].[Na+]. The summed E-state index contributed by atoms with van der Waals surface area (Å²) >= 11 is 0. The van der Waals surface area contributed by atoms with Gasteiger partial charge in [-0.3, -0.25) is 0 Å². The average molecular weight is 264 g/mol. The summed E-state index contributed by atoms with van der Waals surface area (Å²) in [4.78, 5) is 0. The monoisotopic (exact) mass is 264 g/mol. The first-order valence-corrected chi connectivity index (χ1v) is 0.447. The van der Waals surface area contributed by atoms with Gasteiger partial charge in [-0.15, -0.1) is 0 Å². The molecule has 0 spiro atoms. The Morgan fingerprint density at radius 2 is 1.80 bits per heavy atom. The van der Waals surface area contributed by atoms with Crippen LogP contribution >= 0.6 is 0 Å². The van der Waals surface area contributed by atoms with Gasteiger partial charge in [0, 0.05) is 22.4 Å². The van der Waals surface area contributed by atoms with E-state index in [1.165, 1.54) is 0 Å². The van der Waals surface area contributed by atoms with Gasteiger partial charge in [-0.25, -0.2) is 0 Å². The largest absolute Gasteiger partial charge is 1.00 e. The molecule has 1 N–H and O–H groups in total. The van der Waals surface area contributed by atoms with Gasteiger partial charge in [0.1, 0.15) is 0 Å². The summed E-state index contributed by atoms with van der Waals surface area (Å²) in [7, 11) is 0. The standard InChI is InChI=1S/CHNO.Au.Na.H/c2-1-3;;;/h3H;;;/q;;+1;-1. The van der Waals surface area contributed by atoms with E-state index in [1.807, 2.05) is 0 Å². The van der Waals surface area contributed by atoms with E-state index in [2.05, 4.69) is 0 Å². The molecule has 0 aromatic carbocycles. The summed E-state index contributed by atoms with van der Waals surface area (Å²) in [6.07, 6.45) is 0.750. The van der Waals surface area contributed by atoms with Crippen molar-refractivity contribution >= 4 is 0 Å². The normalized spacial score (nSPS) is 1.40. The minimum absolute atomic E-state index is 0. The fourth-order valence-corrected chi connectivity index (χ4v) is 0. The molecule has 5 heavy (non-hydrogen) atoms. The Morgan fingerprint density at radius 3 is 1.80 bits per heavy atom. The quantitative estimate of drug-likeness (QED) is 0.373. The van der Waals surface area contributed by atoms with Crippen LogP contribution in [0, 0.1) is 11.5 Å². The zero-order chi connectivity index (χ0) is 2.71. The molecule has 0 aliphatic carbocycles. The Balaban J connectivity index is -0.00000000667. The maximum absolute atomic E-state index is 6.88. The van der Waals surface area contributed by atoms with Gasteiger partial charge in [-0.2, -0.15) is 5.26 Å². The van der Waals surface area contributed by atoms with Crippen LogP contribution in [0.4, 0.5) is 0 Å². The van der Waals surface area contributed by atoms with Crippen molar-refractivity contribution in [3.8, 4) is 6.26 Å². The molecule has 0 saturated heterocycles. The fourth-order valence-electron chi connectivity index (χ4n) is 0. The van der Waals surface area contributed by atoms with Crippen molar-refractivity contribution in [1.82, 2.24) is 0 Å². The first-order chi connectivity index (χ1) is 1.41. The Kier molecular flexibility index (Phi) is 65.9. The number of nitrogens with zero attached hydrogens (tertiary/aromatic N) is 1. The molecule has 0 atom stereocenters. The average Bonchev–Trinajstić information content (AvgIpc) is 0.918. The maximum atomic E-state index is 6.88. The van der Waals surface area contributed by atoms with Crippen LogP contribution in [0.5, 0.6) is 0 Å². The molecular weight excluding hydrogens is 262 g/mol. The zero-order valence-electron chi connectivity index (χ0n) is 3.70. The molecule has 0 aromatic rings. The predicted octanol–water partition coefficient (Wildman–Crippen LogP) is -3.05. The van der Waals surface area contributed by atoms with Crippen LogP contribution in [0.25, 0.3) is 0 Å². The van der Waals surface area contributed by atoms with Gasteiger partial charge in [0.05, 0.1) is 0 Å². The van der Waals surface area contributed by atoms with Crippen molar-refractivity contribution in [3.05, 3.63) is 0 Å². The fraction of sp³-hybridized carbons (Fsp3) is 0. The van der Waals surface area contributed by atoms with Crippen molar-refractivity contribution in [1.29, 1.82) is 5.26 Å². The van der Waals surface area contributed by atoms with Crippen LogP contribution in [-0.2, 0) is 22.4 Å². The molecule has 0 unspecified atom stereocenters. The number of nitriles is 1. The van der Waals surface area contributed by atoms with Crippen LogP contribution in [0.1, 0.15) is 1.43 Å². The predicted molar refractivity (Wildman–Crippen MR) is 8.66 cm³/mol. The number of hydrogen-bond acceptors (Lipinski definition) is 2. The van der Waals surface area contributed by atoms with E-state index < -0.39 is 0 Å². The van der Waals surface area contributed by atoms with E-state index in [1.54, 1.807) is 0 Å². The van der Waals surface area contributed by atoms with E-state index in [0.717, 1.165) is 6.26 Å². The smallest absolute Gasteiger partial charge is 1.00 e. The van der Waals surface area contributed by atoms with Crippen molar-refractivity contribution < 1.29 is 58.5 Å². The molecule has 2 nitrogen and oxygen atoms in total. The molecule has 1 radical (unpaired) electrons. The van der Waals surface area contributed by atoms with Gasteiger partial charge < -0.3 is 6.53 Å². The third-order valence-corrected chi connectivity index (χ3v) is 0. The van der Waals surface area contributed by atoms with E-state index in [0.29, 0.717) is 0 Å². The molecule has 0 aliphatic rings. The number of aliphatic hydroxyl groups excluding tert-OH is 1. The van der Waals surface area contributed by atoms with Crippen molar-refractivity contribution in [2.24, 2.45) is 0 Å². The van der Waals surface area contributed by atoms with Crippen LogP contribution in [-0.4, -0.2) is 5.11 Å². The minimum atomic E-state index is 0. The Morgan fingerprint density at radius 1 is 1.80 bits per heavy atom. The molecule has 0 aliphatic heterocycles. The van der Waals surface area contributed by atoms with Gasteiger partial charge in [-0.1, -0.05) is 0 Å². The molecule has 0 saturated carbocycles. The second-order valence-electron chi connectivity index (χ2n) is 0.100. The van der Waals surface area contributed by atoms with E-state index in [4.69, 9.17) is 10.4 Å². The summed E-state index contributed by atoms with van der Waals surface area (Å²) in [6.45, 7) is 0. The molecule has 0 amide bonds. The van der Waals surface area contributed by atoms with Crippen LogP contribution in [0.3, 0.4) is 0 Å². The maximum Gasteiger partial charge on any atom is 1.00 e. The van der Waals surface area contributed by atoms with Gasteiger partial charge in [0.2, 0.25) is 0 Å². The second kappa shape index (κ2) is 19.8. The first kappa shape index (κ1) is 16.6. The van der Waals surface area contributed by atoms with E-state index in [9.17, 15) is 0 Å². The van der Waals surface area contributed by atoms with Gasteiger partial charge in [0.15, 0.2) is 0 Å². The van der Waals surface area contributed by atoms with E-state index in [-0.39, 0.29) is 53.4 Å². The summed E-state index contributed by atoms with van der Waals surface area (Å²) < 4.78 is 0. The molecular formula is CH2AuNNaO. The molecule has 0 rings (SSSR count). The molecule has 0 bridgehead atoms. The van der Waals surface area contributed by atoms with Gasteiger partial charge in [-0.05, 0) is 0 Å². The number of aliphatic hydroxyl groups is 1. The number of rotatable bonds is 0. The Bertz CT molecular complexity index is 37.0. The van der Waals surface area contributed by atoms with Gasteiger partial charge in [0.25, 0.3) is 6.26 Å². The van der Waals surface area contributed by atoms with Crippen LogP contribution in [0.2, 0.25) is 0 Å². The summed E-state index contributed by atoms with van der Waals surface area (Å²) in [6, 6.07) is 0. The Labute approximate surface area is 69.5 Å². The van der Waals surface area contributed by atoms with Crippen molar-refractivity contribution in [2.75, 3.05) is 0 Å². The molecule has 4 heteroatoms. The summed E-state index contributed by atoms with van der Waals surface area (Å²) in [5.41, 5.74) is 0. The van der Waals surface area contributed by atoms with Crippen molar-refractivity contribution in [3.63, 3.8) is 0 Å². The Hall–Kier alpha value is 1.03. The first-order valence-electron chi connectivity index (χ1n) is 0.447. The molecule has 0 fully saturated rings.